The molecule has 0 aliphatic heterocycles. The average Bonchev–Trinajstić information content (AvgIpc) is 2.93. The van der Waals surface area contributed by atoms with E-state index in [1.807, 2.05) is 13.8 Å². The van der Waals surface area contributed by atoms with Crippen LogP contribution in [-0.4, -0.2) is 66.7 Å². The van der Waals surface area contributed by atoms with Crippen LogP contribution in [0.15, 0.2) is 11.5 Å². The number of amides is 1. The second-order valence-electron chi connectivity index (χ2n) is 7.59. The molecule has 12 nitrogen and oxygen atoms in total. The monoisotopic (exact) mass is 429 g/mol. The fraction of sp³-hybridized carbons (Fsp3) is 0.688. The van der Waals surface area contributed by atoms with Crippen molar-refractivity contribution in [2.45, 2.75) is 55.0 Å². The molecule has 1 amide bonds. The molecule has 0 radical (unpaired) electrons. The molecule has 0 aromatic carbocycles. The predicted octanol–water partition coefficient (Wildman–Crippen LogP) is 0.859. The maximum Gasteiger partial charge on any atom is 0.507 e. The molecular weight excluding hydrogens is 406 g/mol. The van der Waals surface area contributed by atoms with Gasteiger partial charge in [0, 0.05) is 17.6 Å². The van der Waals surface area contributed by atoms with E-state index in [-0.39, 0.29) is 23.5 Å². The van der Waals surface area contributed by atoms with Gasteiger partial charge < -0.3 is 35.7 Å². The lowest BCUT2D eigenvalue weighted by atomic mass is 10.0. The van der Waals surface area contributed by atoms with E-state index in [1.54, 1.807) is 0 Å². The van der Waals surface area contributed by atoms with Crippen LogP contribution in [0.2, 0.25) is 0 Å². The van der Waals surface area contributed by atoms with Crippen molar-refractivity contribution < 1.29 is 34.1 Å². The molecule has 2 fully saturated rings. The molecule has 1 heterocycles. The molecule has 3 rings (SSSR count). The van der Waals surface area contributed by atoms with E-state index < -0.39 is 42.0 Å². The number of carboxylic acid groups (broad SMARTS) is 2. The van der Waals surface area contributed by atoms with Gasteiger partial charge in [-0.25, -0.2) is 9.59 Å². The number of hydrogen-bond donors (Lipinski definition) is 5. The van der Waals surface area contributed by atoms with Crippen LogP contribution in [0.5, 0.6) is 0 Å². The number of nitrogens with zero attached hydrogens (tertiary/aromatic N) is 2. The normalized spacial score (nSPS) is 31.0. The first-order valence-electron chi connectivity index (χ1n) is 9.04. The largest absolute Gasteiger partial charge is 0.507 e. The standard InChI is InChI=1S/C16H23N5O7S/c1-6(2)3-7(17)12(22)20-16(28-15(25)26)4-8(29-13-18-5-19-21-13)9-10(16)11(9)27-14(23)24/h5-11H,3-4,17H2,1-2H3,(H,20,22)(H,23,24)(H,25,26)(H,18,19,21)/t7-,8+,9+,10+,11-,16-/m0/s1. The van der Waals surface area contributed by atoms with E-state index in [2.05, 4.69) is 20.5 Å². The molecule has 2 aliphatic carbocycles. The van der Waals surface area contributed by atoms with Crippen molar-refractivity contribution >= 4 is 30.0 Å². The van der Waals surface area contributed by atoms with E-state index in [0.29, 0.717) is 11.6 Å². The molecule has 6 N–H and O–H groups in total. The summed E-state index contributed by atoms with van der Waals surface area (Å²) in [7, 11) is 0. The van der Waals surface area contributed by atoms with Gasteiger partial charge in [-0.1, -0.05) is 25.6 Å². The lowest BCUT2D eigenvalue weighted by molar-refractivity contribution is -0.134. The molecule has 0 saturated heterocycles. The van der Waals surface area contributed by atoms with Crippen molar-refractivity contribution in [1.82, 2.24) is 20.5 Å². The fourth-order valence-electron chi connectivity index (χ4n) is 4.02. The number of nitrogens with one attached hydrogen (secondary N) is 2. The van der Waals surface area contributed by atoms with E-state index in [0.717, 1.165) is 0 Å². The molecule has 6 atom stereocenters. The highest BCUT2D eigenvalue weighted by Gasteiger charge is 2.75. The number of hydrogen-bond acceptors (Lipinski definition) is 9. The van der Waals surface area contributed by atoms with E-state index >= 15 is 0 Å². The third kappa shape index (κ3) is 4.56. The maximum absolute atomic E-state index is 12.6. The van der Waals surface area contributed by atoms with Gasteiger partial charge in [0.15, 0.2) is 10.9 Å². The Balaban J connectivity index is 1.84. The van der Waals surface area contributed by atoms with Gasteiger partial charge in [-0.15, -0.1) is 10.2 Å². The van der Waals surface area contributed by atoms with Gasteiger partial charge in [-0.3, -0.25) is 4.79 Å². The topological polar surface area (TPSA) is 190 Å². The van der Waals surface area contributed by atoms with Gasteiger partial charge in [0.2, 0.25) is 5.91 Å². The molecule has 13 heteroatoms. The second kappa shape index (κ2) is 8.06. The first kappa shape index (κ1) is 21.2. The smallest absolute Gasteiger partial charge is 0.450 e. The van der Waals surface area contributed by atoms with Gasteiger partial charge in [0.05, 0.1) is 12.0 Å². The van der Waals surface area contributed by atoms with Crippen LogP contribution >= 0.6 is 11.8 Å². The lowest BCUT2D eigenvalue weighted by Gasteiger charge is -2.33. The van der Waals surface area contributed by atoms with Crippen LogP contribution in [0.3, 0.4) is 0 Å². The van der Waals surface area contributed by atoms with Gasteiger partial charge in [-0.2, -0.15) is 0 Å². The summed E-state index contributed by atoms with van der Waals surface area (Å²) in [4.78, 5) is 37.9. The summed E-state index contributed by atoms with van der Waals surface area (Å²) in [6.45, 7) is 3.81. The van der Waals surface area contributed by atoms with E-state index in [9.17, 15) is 19.5 Å². The summed E-state index contributed by atoms with van der Waals surface area (Å²) >= 11 is 1.26. The predicted molar refractivity (Wildman–Crippen MR) is 97.9 cm³/mol. The van der Waals surface area contributed by atoms with Gasteiger partial charge in [0.1, 0.15) is 12.4 Å². The van der Waals surface area contributed by atoms with E-state index in [4.69, 9.17) is 20.3 Å². The highest BCUT2D eigenvalue weighted by Crippen LogP contribution is 2.63. The molecule has 0 unspecified atom stereocenters. The number of thioether (sulfide) groups is 1. The number of aromatic amines is 1. The molecule has 2 saturated carbocycles. The maximum atomic E-state index is 12.6. The first-order valence-corrected chi connectivity index (χ1v) is 9.92. The molecule has 1 aromatic heterocycles. The van der Waals surface area contributed by atoms with Crippen LogP contribution in [0.25, 0.3) is 0 Å². The van der Waals surface area contributed by atoms with Crippen LogP contribution in [0.1, 0.15) is 26.7 Å². The summed E-state index contributed by atoms with van der Waals surface area (Å²) in [6.07, 6.45) is -2.00. The summed E-state index contributed by atoms with van der Waals surface area (Å²) in [5, 5.41) is 28.7. The third-order valence-electron chi connectivity index (χ3n) is 5.04. The Bertz CT molecular complexity index is 776. The zero-order valence-corrected chi connectivity index (χ0v) is 16.6. The fourth-order valence-corrected chi connectivity index (χ4v) is 5.33. The van der Waals surface area contributed by atoms with E-state index in [1.165, 1.54) is 18.1 Å². The zero-order valence-electron chi connectivity index (χ0n) is 15.8. The van der Waals surface area contributed by atoms with Crippen molar-refractivity contribution in [2.24, 2.45) is 23.5 Å². The first-order chi connectivity index (χ1) is 13.6. The number of carbonyl (C=O) groups is 3. The number of rotatable bonds is 8. The molecular formula is C16H23N5O7S. The number of aromatic nitrogens is 3. The van der Waals surface area contributed by atoms with Crippen LogP contribution < -0.4 is 11.1 Å². The highest BCUT2D eigenvalue weighted by atomic mass is 32.2. The number of nitrogens with two attached hydrogens (primary N) is 1. The quantitative estimate of drug-likeness (QED) is 0.291. The molecule has 0 bridgehead atoms. The number of carbonyl (C=O) groups excluding carboxylic acids is 1. The van der Waals surface area contributed by atoms with Crippen molar-refractivity contribution in [1.29, 1.82) is 0 Å². The summed E-state index contributed by atoms with van der Waals surface area (Å²) in [5.41, 5.74) is 4.30. The summed E-state index contributed by atoms with van der Waals surface area (Å²) < 4.78 is 10.1. The van der Waals surface area contributed by atoms with Crippen LogP contribution in [0, 0.1) is 17.8 Å². The van der Waals surface area contributed by atoms with Crippen molar-refractivity contribution in [2.75, 3.05) is 0 Å². The Morgan fingerprint density at radius 1 is 1.41 bits per heavy atom. The van der Waals surface area contributed by atoms with Crippen LogP contribution in [0.4, 0.5) is 9.59 Å². The van der Waals surface area contributed by atoms with Crippen molar-refractivity contribution in [3.8, 4) is 0 Å². The Morgan fingerprint density at radius 2 is 2.14 bits per heavy atom. The molecule has 160 valence electrons. The minimum Gasteiger partial charge on any atom is -0.450 e. The van der Waals surface area contributed by atoms with Crippen molar-refractivity contribution in [3.63, 3.8) is 0 Å². The van der Waals surface area contributed by atoms with Crippen LogP contribution in [-0.2, 0) is 14.3 Å². The summed E-state index contributed by atoms with van der Waals surface area (Å²) in [5.74, 6) is -1.43. The Hall–Kier alpha value is -2.54. The molecule has 29 heavy (non-hydrogen) atoms. The van der Waals surface area contributed by atoms with Gasteiger partial charge in [-0.05, 0) is 12.3 Å². The third-order valence-corrected chi connectivity index (χ3v) is 6.25. The zero-order chi connectivity index (χ0) is 21.3. The van der Waals surface area contributed by atoms with Gasteiger partial charge in [0.25, 0.3) is 0 Å². The second-order valence-corrected chi connectivity index (χ2v) is 8.82. The number of ether oxygens (including phenoxy) is 2. The molecule has 0 spiro atoms. The van der Waals surface area contributed by atoms with Gasteiger partial charge >= 0.3 is 12.3 Å². The Kier molecular flexibility index (Phi) is 5.89. The SMILES string of the molecule is CC(C)C[C@H](N)C(=O)N[C@]1(OC(=O)O)C[C@@H](Sc2nnc[nH]2)[C@H]2[C@H](OC(=O)O)[C@@H]21. The summed E-state index contributed by atoms with van der Waals surface area (Å²) in [6, 6.07) is -0.860. The minimum atomic E-state index is -1.64. The average molecular weight is 429 g/mol. The Morgan fingerprint density at radius 3 is 2.69 bits per heavy atom. The Labute approximate surface area is 169 Å². The number of fused-ring (bicyclic) bond motifs is 1. The molecule has 2 aliphatic rings. The lowest BCUT2D eigenvalue weighted by Crippen LogP contribution is -2.58. The highest BCUT2D eigenvalue weighted by molar-refractivity contribution is 7.99. The number of H-pyrrole nitrogens is 1. The van der Waals surface area contributed by atoms with Crippen molar-refractivity contribution in [3.05, 3.63) is 6.33 Å². The molecule has 1 aromatic rings. The minimum absolute atomic E-state index is 0.111.